The normalized spacial score (nSPS) is 11.0. The molecule has 3 heterocycles. The first kappa shape index (κ1) is 13.4. The number of amides is 1. The van der Waals surface area contributed by atoms with Gasteiger partial charge >= 0.3 is 0 Å². The third-order valence-electron chi connectivity index (χ3n) is 3.58. The summed E-state index contributed by atoms with van der Waals surface area (Å²) in [5.74, 6) is -0.217. The zero-order valence-electron chi connectivity index (χ0n) is 12.4. The zero-order valence-corrected chi connectivity index (χ0v) is 12.4. The first-order chi connectivity index (χ1) is 11.2. The highest BCUT2D eigenvalue weighted by molar-refractivity contribution is 6.05. The number of benzene rings is 1. The number of aromatic amines is 1. The highest BCUT2D eigenvalue weighted by Crippen LogP contribution is 2.19. The van der Waals surface area contributed by atoms with E-state index in [1.165, 1.54) is 0 Å². The number of H-pyrrole nitrogens is 1. The van der Waals surface area contributed by atoms with Crippen LogP contribution in [-0.2, 0) is 0 Å². The number of fused-ring (bicyclic) bond motifs is 1. The summed E-state index contributed by atoms with van der Waals surface area (Å²) in [4.78, 5) is 15.3. The Kier molecular flexibility index (Phi) is 3.01. The minimum Gasteiger partial charge on any atom is -0.463 e. The fraction of sp³-hybridized carbons (Fsp3) is 0.0588. The Morgan fingerprint density at radius 3 is 2.96 bits per heavy atom. The molecule has 0 saturated heterocycles. The van der Waals surface area contributed by atoms with Crippen molar-refractivity contribution >= 4 is 22.7 Å². The van der Waals surface area contributed by atoms with Gasteiger partial charge in [-0.3, -0.25) is 4.79 Å². The molecular weight excluding hydrogens is 292 g/mol. The van der Waals surface area contributed by atoms with Crippen LogP contribution in [0.2, 0.25) is 0 Å². The molecule has 0 aliphatic carbocycles. The summed E-state index contributed by atoms with van der Waals surface area (Å²) in [7, 11) is 0. The van der Waals surface area contributed by atoms with Gasteiger partial charge in [-0.05, 0) is 31.2 Å². The molecule has 0 atom stereocenters. The maximum atomic E-state index is 12.3. The molecule has 2 N–H and O–H groups in total. The molecule has 1 aromatic carbocycles. The van der Waals surface area contributed by atoms with E-state index in [4.69, 9.17) is 4.42 Å². The number of carbonyl (C=O) groups excluding carboxylic acids is 1. The molecular formula is C17H14N4O2. The van der Waals surface area contributed by atoms with Crippen LogP contribution in [0.4, 0.5) is 5.69 Å². The Bertz CT molecular complexity index is 964. The van der Waals surface area contributed by atoms with Gasteiger partial charge in [-0.25, -0.2) is 4.68 Å². The van der Waals surface area contributed by atoms with Crippen molar-refractivity contribution in [1.82, 2.24) is 14.8 Å². The molecule has 6 nitrogen and oxygen atoms in total. The predicted molar refractivity (Wildman–Crippen MR) is 86.8 cm³/mol. The number of anilines is 1. The smallest absolute Gasteiger partial charge is 0.272 e. The average molecular weight is 306 g/mol. The zero-order chi connectivity index (χ0) is 15.8. The van der Waals surface area contributed by atoms with Gasteiger partial charge in [0.05, 0.1) is 23.2 Å². The molecule has 0 saturated carbocycles. The molecule has 3 aromatic heterocycles. The number of nitrogens with one attached hydrogen (secondary N) is 2. The highest BCUT2D eigenvalue weighted by Gasteiger charge is 2.11. The molecule has 0 unspecified atom stereocenters. The van der Waals surface area contributed by atoms with E-state index in [-0.39, 0.29) is 5.91 Å². The van der Waals surface area contributed by atoms with E-state index in [1.807, 2.05) is 43.5 Å². The van der Waals surface area contributed by atoms with Gasteiger partial charge in [0.2, 0.25) is 0 Å². The van der Waals surface area contributed by atoms with Crippen LogP contribution in [0.1, 0.15) is 16.2 Å². The van der Waals surface area contributed by atoms with Crippen molar-refractivity contribution in [3.8, 4) is 5.69 Å². The molecule has 4 rings (SSSR count). The van der Waals surface area contributed by atoms with E-state index in [1.54, 1.807) is 23.1 Å². The number of hydrogen-bond acceptors (Lipinski definition) is 3. The molecule has 1 amide bonds. The van der Waals surface area contributed by atoms with Crippen LogP contribution in [0.25, 0.3) is 16.8 Å². The molecule has 4 aromatic rings. The first-order valence-electron chi connectivity index (χ1n) is 7.19. The number of furan rings is 1. The van der Waals surface area contributed by atoms with E-state index in [0.29, 0.717) is 17.0 Å². The molecule has 0 aliphatic heterocycles. The van der Waals surface area contributed by atoms with E-state index >= 15 is 0 Å². The summed E-state index contributed by atoms with van der Waals surface area (Å²) in [6.07, 6.45) is 3.47. The molecule has 0 aliphatic rings. The van der Waals surface area contributed by atoms with Gasteiger partial charge in [-0.15, -0.1) is 0 Å². The van der Waals surface area contributed by atoms with Crippen LogP contribution in [0.15, 0.2) is 59.3 Å². The molecule has 0 bridgehead atoms. The highest BCUT2D eigenvalue weighted by atomic mass is 16.3. The molecule has 0 radical (unpaired) electrons. The van der Waals surface area contributed by atoms with Crippen molar-refractivity contribution in [3.05, 3.63) is 66.3 Å². The van der Waals surface area contributed by atoms with E-state index in [0.717, 1.165) is 16.9 Å². The van der Waals surface area contributed by atoms with Crippen molar-refractivity contribution in [2.45, 2.75) is 6.92 Å². The first-order valence-corrected chi connectivity index (χ1v) is 7.19. The Morgan fingerprint density at radius 2 is 2.17 bits per heavy atom. The van der Waals surface area contributed by atoms with E-state index in [2.05, 4.69) is 15.4 Å². The van der Waals surface area contributed by atoms with Crippen LogP contribution in [0, 0.1) is 6.92 Å². The number of aryl methyl sites for hydroxylation is 1. The number of carbonyl (C=O) groups is 1. The SMILES string of the molecule is Cc1ccn(-c2cccc(NC(=O)c3cc4occc4[nH]3)c2)n1. The summed E-state index contributed by atoms with van der Waals surface area (Å²) >= 11 is 0. The molecule has 23 heavy (non-hydrogen) atoms. The monoisotopic (exact) mass is 306 g/mol. The average Bonchev–Trinajstić information content (AvgIpc) is 3.22. The Hall–Kier alpha value is -3.28. The summed E-state index contributed by atoms with van der Waals surface area (Å²) in [5.41, 5.74) is 4.45. The van der Waals surface area contributed by atoms with Crippen LogP contribution in [-0.4, -0.2) is 20.7 Å². The maximum Gasteiger partial charge on any atom is 0.272 e. The predicted octanol–water partition coefficient (Wildman–Crippen LogP) is 3.51. The lowest BCUT2D eigenvalue weighted by molar-refractivity contribution is 0.102. The van der Waals surface area contributed by atoms with Gasteiger partial charge < -0.3 is 14.7 Å². The Balaban J connectivity index is 1.58. The summed E-state index contributed by atoms with van der Waals surface area (Å²) in [6, 6.07) is 12.9. The van der Waals surface area contributed by atoms with Crippen molar-refractivity contribution in [2.24, 2.45) is 0 Å². The minimum absolute atomic E-state index is 0.217. The maximum absolute atomic E-state index is 12.3. The second kappa shape index (κ2) is 5.17. The van der Waals surface area contributed by atoms with Gasteiger partial charge in [0, 0.05) is 24.0 Å². The molecule has 0 fully saturated rings. The van der Waals surface area contributed by atoms with Crippen molar-refractivity contribution < 1.29 is 9.21 Å². The lowest BCUT2D eigenvalue weighted by Crippen LogP contribution is -2.12. The number of rotatable bonds is 3. The largest absolute Gasteiger partial charge is 0.463 e. The van der Waals surface area contributed by atoms with Crippen LogP contribution < -0.4 is 5.32 Å². The molecule has 114 valence electrons. The number of hydrogen-bond donors (Lipinski definition) is 2. The summed E-state index contributed by atoms with van der Waals surface area (Å²) in [6.45, 7) is 1.93. The lowest BCUT2D eigenvalue weighted by atomic mass is 10.2. The number of nitrogens with zero attached hydrogens (tertiary/aromatic N) is 2. The number of aromatic nitrogens is 3. The van der Waals surface area contributed by atoms with Crippen LogP contribution in [0.3, 0.4) is 0 Å². The molecule has 6 heteroatoms. The van der Waals surface area contributed by atoms with E-state index in [9.17, 15) is 4.79 Å². The second-order valence-corrected chi connectivity index (χ2v) is 5.29. The van der Waals surface area contributed by atoms with Crippen molar-refractivity contribution in [3.63, 3.8) is 0 Å². The summed E-state index contributed by atoms with van der Waals surface area (Å²) in [5, 5.41) is 7.24. The van der Waals surface area contributed by atoms with Crippen molar-refractivity contribution in [2.75, 3.05) is 5.32 Å². The summed E-state index contributed by atoms with van der Waals surface area (Å²) < 4.78 is 7.03. The van der Waals surface area contributed by atoms with Gasteiger partial charge in [-0.2, -0.15) is 5.10 Å². The fourth-order valence-electron chi connectivity index (χ4n) is 2.45. The van der Waals surface area contributed by atoms with Crippen molar-refractivity contribution in [1.29, 1.82) is 0 Å². The van der Waals surface area contributed by atoms with E-state index < -0.39 is 0 Å². The van der Waals surface area contributed by atoms with Gasteiger partial charge in [-0.1, -0.05) is 6.07 Å². The second-order valence-electron chi connectivity index (χ2n) is 5.29. The van der Waals surface area contributed by atoms with Gasteiger partial charge in [0.1, 0.15) is 5.69 Å². The third-order valence-corrected chi connectivity index (χ3v) is 3.58. The fourth-order valence-corrected chi connectivity index (χ4v) is 2.45. The molecule has 0 spiro atoms. The Labute approximate surface area is 131 Å². The standard InChI is InChI=1S/C17H14N4O2/c1-11-5-7-21(20-11)13-4-2-3-12(9-13)18-17(22)15-10-16-14(19-15)6-8-23-16/h2-10,19H,1H3,(H,18,22). The van der Waals surface area contributed by atoms with Gasteiger partial charge in [0.25, 0.3) is 5.91 Å². The topological polar surface area (TPSA) is 75.8 Å². The van der Waals surface area contributed by atoms with Crippen LogP contribution >= 0.6 is 0 Å². The quantitative estimate of drug-likeness (QED) is 0.608. The van der Waals surface area contributed by atoms with Gasteiger partial charge in [0.15, 0.2) is 5.58 Å². The third kappa shape index (κ3) is 2.50. The van der Waals surface area contributed by atoms with Crippen LogP contribution in [0.5, 0.6) is 0 Å². The minimum atomic E-state index is -0.217. The lowest BCUT2D eigenvalue weighted by Gasteiger charge is -2.07. The Morgan fingerprint density at radius 1 is 1.26 bits per heavy atom.